The van der Waals surface area contributed by atoms with Crippen LogP contribution < -0.4 is 11.1 Å². The van der Waals surface area contributed by atoms with Gasteiger partial charge in [0.25, 0.3) is 0 Å². The van der Waals surface area contributed by atoms with Crippen molar-refractivity contribution in [1.29, 1.82) is 0 Å². The zero-order valence-corrected chi connectivity index (χ0v) is 11.5. The van der Waals surface area contributed by atoms with Crippen molar-refractivity contribution in [2.45, 2.75) is 58.4 Å². The first-order valence-electron chi connectivity index (χ1n) is 6.47. The maximum Gasteiger partial charge on any atom is 0.233 e. The Kier molecular flexibility index (Phi) is 3.19. The summed E-state index contributed by atoms with van der Waals surface area (Å²) in [6, 6.07) is 0.304. The zero-order chi connectivity index (χ0) is 12.7. The second-order valence-corrected chi connectivity index (χ2v) is 6.82. The zero-order valence-electron chi connectivity index (χ0n) is 10.7. The number of thiocarbonyl (C=S) groups is 1. The van der Waals surface area contributed by atoms with Crippen LogP contribution in [0.4, 0.5) is 0 Å². The third-order valence-corrected chi connectivity index (χ3v) is 4.59. The second kappa shape index (κ2) is 4.23. The highest BCUT2D eigenvalue weighted by atomic mass is 32.1. The van der Waals surface area contributed by atoms with Crippen LogP contribution in [0.1, 0.15) is 52.4 Å². The summed E-state index contributed by atoms with van der Waals surface area (Å²) in [5.74, 6) is 0.0627. The Morgan fingerprint density at radius 1 is 1.35 bits per heavy atom. The van der Waals surface area contributed by atoms with E-state index in [1.165, 1.54) is 12.8 Å². The van der Waals surface area contributed by atoms with Gasteiger partial charge in [0.2, 0.25) is 5.91 Å². The van der Waals surface area contributed by atoms with Crippen LogP contribution in [-0.4, -0.2) is 16.9 Å². The Labute approximate surface area is 109 Å². The normalized spacial score (nSPS) is 29.4. The maximum atomic E-state index is 12.2. The van der Waals surface area contributed by atoms with Gasteiger partial charge in [-0.05, 0) is 37.5 Å². The summed E-state index contributed by atoms with van der Waals surface area (Å²) in [6.07, 6.45) is 6.24. The number of nitrogens with two attached hydrogens (primary N) is 1. The average molecular weight is 254 g/mol. The predicted molar refractivity (Wildman–Crippen MR) is 72.6 cm³/mol. The minimum atomic E-state index is -0.503. The molecule has 3 nitrogen and oxygen atoms in total. The van der Waals surface area contributed by atoms with E-state index in [4.69, 9.17) is 18.0 Å². The molecule has 17 heavy (non-hydrogen) atoms. The monoisotopic (exact) mass is 254 g/mol. The van der Waals surface area contributed by atoms with Crippen LogP contribution in [0.15, 0.2) is 0 Å². The molecule has 96 valence electrons. The molecule has 3 N–H and O–H groups in total. The van der Waals surface area contributed by atoms with Gasteiger partial charge in [-0.2, -0.15) is 0 Å². The molecule has 1 atom stereocenters. The number of hydrogen-bond donors (Lipinski definition) is 2. The number of carbonyl (C=O) groups excluding carboxylic acids is 1. The van der Waals surface area contributed by atoms with Crippen LogP contribution in [0.5, 0.6) is 0 Å². The molecule has 0 bridgehead atoms. The summed E-state index contributed by atoms with van der Waals surface area (Å²) in [4.78, 5) is 12.5. The van der Waals surface area contributed by atoms with Crippen LogP contribution >= 0.6 is 12.2 Å². The highest BCUT2D eigenvalue weighted by molar-refractivity contribution is 7.80. The highest BCUT2D eigenvalue weighted by Crippen LogP contribution is 2.46. The highest BCUT2D eigenvalue weighted by Gasteiger charge is 2.53. The third kappa shape index (κ3) is 2.62. The molecule has 0 aliphatic heterocycles. The number of carbonyl (C=O) groups is 1. The van der Waals surface area contributed by atoms with Gasteiger partial charge in [-0.3, -0.25) is 4.79 Å². The summed E-state index contributed by atoms with van der Waals surface area (Å²) in [7, 11) is 0. The van der Waals surface area contributed by atoms with E-state index >= 15 is 0 Å². The molecule has 2 fully saturated rings. The lowest BCUT2D eigenvalue weighted by atomic mass is 9.75. The van der Waals surface area contributed by atoms with E-state index in [9.17, 15) is 4.79 Å². The first kappa shape index (κ1) is 12.8. The van der Waals surface area contributed by atoms with E-state index in [0.717, 1.165) is 25.7 Å². The molecule has 0 saturated heterocycles. The minimum Gasteiger partial charge on any atom is -0.392 e. The standard InChI is InChI=1S/C13H22N2OS/c1-12(2)5-3-4-9(8-12)15-11(16)13(6-7-13)10(14)17/h9H,3-8H2,1-2H3,(H2,14,17)(H,15,16). The van der Waals surface area contributed by atoms with Crippen molar-refractivity contribution in [1.82, 2.24) is 5.32 Å². The molecule has 2 aliphatic carbocycles. The van der Waals surface area contributed by atoms with Gasteiger partial charge in [0.1, 0.15) is 0 Å². The molecule has 4 heteroatoms. The van der Waals surface area contributed by atoms with Crippen LogP contribution in [0.3, 0.4) is 0 Å². The largest absolute Gasteiger partial charge is 0.392 e. The fourth-order valence-electron chi connectivity index (χ4n) is 2.86. The molecular weight excluding hydrogens is 232 g/mol. The Hall–Kier alpha value is -0.640. The van der Waals surface area contributed by atoms with E-state index in [1.807, 2.05) is 0 Å². The second-order valence-electron chi connectivity index (χ2n) is 6.38. The van der Waals surface area contributed by atoms with E-state index in [1.54, 1.807) is 0 Å². The maximum absolute atomic E-state index is 12.2. The van der Waals surface area contributed by atoms with E-state index in [2.05, 4.69) is 19.2 Å². The lowest BCUT2D eigenvalue weighted by Gasteiger charge is -2.36. The predicted octanol–water partition coefficient (Wildman–Crippen LogP) is 2.14. The van der Waals surface area contributed by atoms with Crippen molar-refractivity contribution in [3.63, 3.8) is 0 Å². The smallest absolute Gasteiger partial charge is 0.233 e. The summed E-state index contributed by atoms with van der Waals surface area (Å²) in [5.41, 5.74) is 5.50. The molecule has 0 aromatic rings. The van der Waals surface area contributed by atoms with Crippen molar-refractivity contribution in [2.75, 3.05) is 0 Å². The molecule has 2 saturated carbocycles. The van der Waals surface area contributed by atoms with Gasteiger partial charge in [-0.15, -0.1) is 0 Å². The minimum absolute atomic E-state index is 0.0627. The fourth-order valence-corrected chi connectivity index (χ4v) is 3.15. The SMILES string of the molecule is CC1(C)CCCC(NC(=O)C2(C(N)=S)CC2)C1. The molecule has 2 rings (SSSR count). The van der Waals surface area contributed by atoms with Crippen LogP contribution in [0, 0.1) is 10.8 Å². The average Bonchev–Trinajstić information content (AvgIpc) is 2.95. The Morgan fingerprint density at radius 3 is 2.47 bits per heavy atom. The molecule has 0 aromatic carbocycles. The molecule has 2 aliphatic rings. The van der Waals surface area contributed by atoms with Crippen LogP contribution in [0.2, 0.25) is 0 Å². The van der Waals surface area contributed by atoms with Crippen LogP contribution in [-0.2, 0) is 4.79 Å². The number of rotatable bonds is 3. The lowest BCUT2D eigenvalue weighted by Crippen LogP contribution is -2.47. The van der Waals surface area contributed by atoms with Gasteiger partial charge in [-0.1, -0.05) is 32.5 Å². The van der Waals surface area contributed by atoms with Gasteiger partial charge in [0.05, 0.1) is 10.4 Å². The van der Waals surface area contributed by atoms with Gasteiger partial charge in [-0.25, -0.2) is 0 Å². The van der Waals surface area contributed by atoms with E-state index in [-0.39, 0.29) is 5.91 Å². The Bertz CT molecular complexity index is 347. The summed E-state index contributed by atoms with van der Waals surface area (Å²) >= 11 is 5.00. The molecular formula is C13H22N2OS. The number of hydrogen-bond acceptors (Lipinski definition) is 2. The number of nitrogens with one attached hydrogen (secondary N) is 1. The molecule has 0 aromatic heterocycles. The quantitative estimate of drug-likeness (QED) is 0.759. The summed E-state index contributed by atoms with van der Waals surface area (Å²) in [5, 5.41) is 3.15. The third-order valence-electron chi connectivity index (χ3n) is 4.20. The van der Waals surface area contributed by atoms with Crippen molar-refractivity contribution in [3.8, 4) is 0 Å². The first-order valence-corrected chi connectivity index (χ1v) is 6.87. The van der Waals surface area contributed by atoms with Crippen molar-refractivity contribution >= 4 is 23.1 Å². The summed E-state index contributed by atoms with van der Waals surface area (Å²) < 4.78 is 0. The van der Waals surface area contributed by atoms with Gasteiger partial charge in [0.15, 0.2) is 0 Å². The van der Waals surface area contributed by atoms with Gasteiger partial charge in [0, 0.05) is 6.04 Å². The summed E-state index contributed by atoms with van der Waals surface area (Å²) in [6.45, 7) is 4.54. The van der Waals surface area contributed by atoms with Gasteiger partial charge >= 0.3 is 0 Å². The van der Waals surface area contributed by atoms with Crippen molar-refractivity contribution < 1.29 is 4.79 Å². The van der Waals surface area contributed by atoms with Gasteiger partial charge < -0.3 is 11.1 Å². The molecule has 0 heterocycles. The van der Waals surface area contributed by atoms with E-state index in [0.29, 0.717) is 16.4 Å². The molecule has 1 amide bonds. The Balaban J connectivity index is 1.93. The fraction of sp³-hybridized carbons (Fsp3) is 0.846. The molecule has 0 spiro atoms. The van der Waals surface area contributed by atoms with Crippen molar-refractivity contribution in [3.05, 3.63) is 0 Å². The van der Waals surface area contributed by atoms with Crippen LogP contribution in [0.25, 0.3) is 0 Å². The molecule has 1 unspecified atom stereocenters. The topological polar surface area (TPSA) is 55.1 Å². The lowest BCUT2D eigenvalue weighted by molar-refractivity contribution is -0.125. The molecule has 0 radical (unpaired) electrons. The number of amides is 1. The first-order chi connectivity index (χ1) is 7.86. The van der Waals surface area contributed by atoms with Crippen molar-refractivity contribution in [2.24, 2.45) is 16.6 Å². The Morgan fingerprint density at radius 2 is 2.00 bits per heavy atom. The van der Waals surface area contributed by atoms with E-state index < -0.39 is 5.41 Å².